The molecule has 30 heavy (non-hydrogen) atoms. The molecule has 0 atom stereocenters. The normalized spacial score (nSPS) is 12.5. The van der Waals surface area contributed by atoms with Crippen LogP contribution in [0.5, 0.6) is 0 Å². The number of allylic oxidation sites excluding steroid dienone is 10. The van der Waals surface area contributed by atoms with E-state index in [9.17, 15) is 9.59 Å². The van der Waals surface area contributed by atoms with Crippen molar-refractivity contribution in [2.75, 3.05) is 26.7 Å². The lowest BCUT2D eigenvalue weighted by molar-refractivity contribution is -0.121. The first-order valence-corrected chi connectivity index (χ1v) is 11.0. The van der Waals surface area contributed by atoms with Gasteiger partial charge in [-0.25, -0.2) is 0 Å². The number of nitrogens with one attached hydrogen (secondary N) is 1. The molecule has 0 fully saturated rings. The van der Waals surface area contributed by atoms with Gasteiger partial charge in [0.1, 0.15) is 0 Å². The van der Waals surface area contributed by atoms with E-state index in [1.54, 1.807) is 11.9 Å². The van der Waals surface area contributed by atoms with Gasteiger partial charge in [-0.1, -0.05) is 67.7 Å². The number of primary amides is 1. The van der Waals surface area contributed by atoms with Crippen molar-refractivity contribution in [3.05, 3.63) is 60.8 Å². The molecule has 0 aromatic carbocycles. The minimum atomic E-state index is -0.360. The second kappa shape index (κ2) is 21.3. The number of unbranched alkanes of at least 4 members (excludes halogenated alkanes) is 1. The third-order valence-corrected chi connectivity index (χ3v) is 4.17. The molecule has 0 aliphatic heterocycles. The molecule has 0 bridgehead atoms. The van der Waals surface area contributed by atoms with E-state index in [1.165, 1.54) is 0 Å². The zero-order chi connectivity index (χ0) is 22.3. The predicted molar refractivity (Wildman–Crippen MR) is 128 cm³/mol. The standard InChI is InChI=1S/C25H41N3O2/c1-3-4-5-6-7-8-9-10-11-12-13-14-15-16-17-18-19-20-25(30)27-21-22-28(2)23-24(26)29/h4-5,7-8,10-11,13-14,16-17H,3,6,9,12,15,18-23H2,1-2H3,(H2,26,29)(H,27,30)/b5-4-,8-7-,11-10-,14-13-,17-16-. The van der Waals surface area contributed by atoms with Crippen molar-refractivity contribution in [3.63, 3.8) is 0 Å². The second-order valence-electron chi connectivity index (χ2n) is 7.15. The van der Waals surface area contributed by atoms with Crippen molar-refractivity contribution in [1.29, 1.82) is 0 Å². The van der Waals surface area contributed by atoms with E-state index in [0.29, 0.717) is 19.5 Å². The second-order valence-corrected chi connectivity index (χ2v) is 7.15. The number of nitrogens with two attached hydrogens (primary N) is 1. The highest BCUT2D eigenvalue weighted by Crippen LogP contribution is 1.99. The largest absolute Gasteiger partial charge is 0.369 e. The highest BCUT2D eigenvalue weighted by atomic mass is 16.2. The van der Waals surface area contributed by atoms with E-state index in [2.05, 4.69) is 73.0 Å². The fourth-order valence-corrected chi connectivity index (χ4v) is 2.57. The monoisotopic (exact) mass is 415 g/mol. The maximum absolute atomic E-state index is 11.7. The van der Waals surface area contributed by atoms with Gasteiger partial charge in [-0.15, -0.1) is 0 Å². The number of likely N-dealkylation sites (N-methyl/N-ethyl adjacent to an activating group) is 1. The third kappa shape index (κ3) is 21.9. The SMILES string of the molecule is CC/C=C\C/C=C\C/C=C\C/C=C\C/C=C\CCCC(=O)NCCN(C)CC(N)=O. The Morgan fingerprint density at radius 2 is 1.33 bits per heavy atom. The summed E-state index contributed by atoms with van der Waals surface area (Å²) in [5.74, 6) is -0.310. The molecule has 168 valence electrons. The van der Waals surface area contributed by atoms with Crippen LogP contribution in [-0.4, -0.2) is 43.4 Å². The van der Waals surface area contributed by atoms with Crippen LogP contribution in [-0.2, 0) is 9.59 Å². The van der Waals surface area contributed by atoms with Crippen molar-refractivity contribution < 1.29 is 9.59 Å². The van der Waals surface area contributed by atoms with Gasteiger partial charge in [-0.3, -0.25) is 14.5 Å². The Balaban J connectivity index is 3.57. The Kier molecular flexibility index (Phi) is 19.6. The van der Waals surface area contributed by atoms with Gasteiger partial charge in [0.15, 0.2) is 0 Å². The maximum Gasteiger partial charge on any atom is 0.231 e. The Hall–Kier alpha value is -2.40. The summed E-state index contributed by atoms with van der Waals surface area (Å²) in [6.45, 7) is 3.50. The van der Waals surface area contributed by atoms with Crippen LogP contribution in [0.4, 0.5) is 0 Å². The number of amides is 2. The summed E-state index contributed by atoms with van der Waals surface area (Å²) in [5, 5.41) is 2.86. The van der Waals surface area contributed by atoms with Crippen LogP contribution < -0.4 is 11.1 Å². The van der Waals surface area contributed by atoms with Crippen LogP contribution in [0, 0.1) is 0 Å². The highest BCUT2D eigenvalue weighted by molar-refractivity contribution is 5.76. The summed E-state index contributed by atoms with van der Waals surface area (Å²) in [5.41, 5.74) is 5.12. The number of carbonyl (C=O) groups is 2. The zero-order valence-electron chi connectivity index (χ0n) is 18.9. The predicted octanol–water partition coefficient (Wildman–Crippen LogP) is 4.44. The van der Waals surface area contributed by atoms with E-state index in [4.69, 9.17) is 5.73 Å². The third-order valence-electron chi connectivity index (χ3n) is 4.17. The average Bonchev–Trinajstić information content (AvgIpc) is 2.69. The fourth-order valence-electron chi connectivity index (χ4n) is 2.57. The molecule has 0 aliphatic carbocycles. The lowest BCUT2D eigenvalue weighted by Gasteiger charge is -2.14. The summed E-state index contributed by atoms with van der Waals surface area (Å²) in [4.78, 5) is 24.3. The Morgan fingerprint density at radius 3 is 1.83 bits per heavy atom. The first kappa shape index (κ1) is 27.6. The molecule has 0 heterocycles. The number of hydrogen-bond acceptors (Lipinski definition) is 3. The van der Waals surface area contributed by atoms with Crippen molar-refractivity contribution in [1.82, 2.24) is 10.2 Å². The molecule has 0 saturated heterocycles. The summed E-state index contributed by atoms with van der Waals surface area (Å²) < 4.78 is 0. The van der Waals surface area contributed by atoms with E-state index in [-0.39, 0.29) is 18.4 Å². The molecule has 5 nitrogen and oxygen atoms in total. The lowest BCUT2D eigenvalue weighted by atomic mass is 10.2. The van der Waals surface area contributed by atoms with Gasteiger partial charge in [0.05, 0.1) is 6.54 Å². The van der Waals surface area contributed by atoms with Crippen molar-refractivity contribution >= 4 is 11.8 Å². The Morgan fingerprint density at radius 1 is 0.833 bits per heavy atom. The van der Waals surface area contributed by atoms with Gasteiger partial charge in [-0.05, 0) is 52.0 Å². The fraction of sp³-hybridized carbons (Fsp3) is 0.520. The van der Waals surface area contributed by atoms with E-state index < -0.39 is 0 Å². The van der Waals surface area contributed by atoms with Crippen molar-refractivity contribution in [2.24, 2.45) is 5.73 Å². The minimum Gasteiger partial charge on any atom is -0.369 e. The van der Waals surface area contributed by atoms with Crippen LogP contribution in [0.25, 0.3) is 0 Å². The molecular formula is C25H41N3O2. The molecule has 0 radical (unpaired) electrons. The topological polar surface area (TPSA) is 75.4 Å². The molecule has 0 rings (SSSR count). The number of nitrogens with zero attached hydrogens (tertiary/aromatic N) is 1. The summed E-state index contributed by atoms with van der Waals surface area (Å²) >= 11 is 0. The van der Waals surface area contributed by atoms with Gasteiger partial charge in [0, 0.05) is 19.5 Å². The summed E-state index contributed by atoms with van der Waals surface area (Å²) in [7, 11) is 1.80. The number of hydrogen-bond donors (Lipinski definition) is 2. The van der Waals surface area contributed by atoms with Gasteiger partial charge in [-0.2, -0.15) is 0 Å². The summed E-state index contributed by atoms with van der Waals surface area (Å²) in [6, 6.07) is 0. The van der Waals surface area contributed by atoms with Gasteiger partial charge < -0.3 is 11.1 Å². The number of carbonyl (C=O) groups excluding carboxylic acids is 2. The molecular weight excluding hydrogens is 374 g/mol. The molecule has 2 amide bonds. The van der Waals surface area contributed by atoms with Crippen LogP contribution in [0.15, 0.2) is 60.8 Å². The van der Waals surface area contributed by atoms with Gasteiger partial charge >= 0.3 is 0 Å². The van der Waals surface area contributed by atoms with Crippen molar-refractivity contribution in [3.8, 4) is 0 Å². The van der Waals surface area contributed by atoms with Crippen LogP contribution in [0.3, 0.4) is 0 Å². The molecule has 5 heteroatoms. The number of rotatable bonds is 18. The average molecular weight is 416 g/mol. The van der Waals surface area contributed by atoms with Gasteiger partial charge in [0.25, 0.3) is 0 Å². The van der Waals surface area contributed by atoms with Gasteiger partial charge in [0.2, 0.25) is 11.8 Å². The van der Waals surface area contributed by atoms with E-state index in [1.807, 2.05) is 0 Å². The molecule has 0 spiro atoms. The molecule has 0 aromatic rings. The molecule has 0 saturated carbocycles. The van der Waals surface area contributed by atoms with E-state index >= 15 is 0 Å². The summed E-state index contributed by atoms with van der Waals surface area (Å²) in [6.07, 6.45) is 29.1. The molecule has 0 aromatic heterocycles. The van der Waals surface area contributed by atoms with Crippen molar-refractivity contribution in [2.45, 2.75) is 58.3 Å². The Bertz CT molecular complexity index is 589. The first-order valence-electron chi connectivity index (χ1n) is 11.0. The van der Waals surface area contributed by atoms with Crippen LogP contribution in [0.2, 0.25) is 0 Å². The van der Waals surface area contributed by atoms with Crippen LogP contribution in [0.1, 0.15) is 58.3 Å². The maximum atomic E-state index is 11.7. The lowest BCUT2D eigenvalue weighted by Crippen LogP contribution is -2.37. The quantitative estimate of drug-likeness (QED) is 0.257. The smallest absolute Gasteiger partial charge is 0.231 e. The minimum absolute atomic E-state index is 0.0508. The van der Waals surface area contributed by atoms with E-state index in [0.717, 1.165) is 44.9 Å². The first-order chi connectivity index (χ1) is 14.6. The highest BCUT2D eigenvalue weighted by Gasteiger charge is 2.03. The molecule has 0 aliphatic rings. The zero-order valence-corrected chi connectivity index (χ0v) is 18.9. The Labute approximate surface area is 183 Å². The molecule has 0 unspecified atom stereocenters. The molecule has 3 N–H and O–H groups in total. The van der Waals surface area contributed by atoms with Crippen LogP contribution >= 0.6 is 0 Å².